The first kappa shape index (κ1) is 19.3. The number of fused-ring (bicyclic) bond motifs is 1. The Labute approximate surface area is 183 Å². The molecule has 3 aromatic carbocycles. The molecule has 0 fully saturated rings. The summed E-state index contributed by atoms with van der Waals surface area (Å²) in [6.07, 6.45) is 1.75. The first-order valence-corrected chi connectivity index (χ1v) is 9.90. The third kappa shape index (κ3) is 3.52. The molecule has 5 rings (SSSR count). The fourth-order valence-corrected chi connectivity index (χ4v) is 3.59. The van der Waals surface area contributed by atoms with Gasteiger partial charge in [-0.05, 0) is 42.0 Å². The van der Waals surface area contributed by atoms with Crippen LogP contribution >= 0.6 is 0 Å². The van der Waals surface area contributed by atoms with E-state index in [0.29, 0.717) is 17.0 Å². The second kappa shape index (κ2) is 7.88. The van der Waals surface area contributed by atoms with Gasteiger partial charge in [-0.25, -0.2) is 4.79 Å². The third-order valence-corrected chi connectivity index (χ3v) is 5.17. The number of nitrogens with two attached hydrogens (primary N) is 1. The van der Waals surface area contributed by atoms with E-state index in [1.807, 2.05) is 54.6 Å². The number of aromatic nitrogens is 3. The van der Waals surface area contributed by atoms with Crippen LogP contribution in [0.4, 0.5) is 5.82 Å². The molecule has 5 aromatic rings. The zero-order chi connectivity index (χ0) is 22.1. The highest BCUT2D eigenvalue weighted by Gasteiger charge is 2.16. The summed E-state index contributed by atoms with van der Waals surface area (Å²) >= 11 is 0. The number of hydrogen-bond acceptors (Lipinski definition) is 5. The van der Waals surface area contributed by atoms with Gasteiger partial charge in [0.2, 0.25) is 0 Å². The van der Waals surface area contributed by atoms with Gasteiger partial charge in [-0.3, -0.25) is 10.1 Å². The Balaban J connectivity index is 1.52. The summed E-state index contributed by atoms with van der Waals surface area (Å²) in [6, 6.07) is 23.8. The Morgan fingerprint density at radius 3 is 2.22 bits per heavy atom. The SMILES string of the molecule is Nc1n[nH]c2c(-c3ccc(C(=O)O)cc3)ncc(-c3ccc(Oc4ccccc4)cc3)c12. The van der Waals surface area contributed by atoms with Gasteiger partial charge in [0.1, 0.15) is 11.5 Å². The zero-order valence-electron chi connectivity index (χ0n) is 16.8. The summed E-state index contributed by atoms with van der Waals surface area (Å²) in [6.45, 7) is 0. The summed E-state index contributed by atoms with van der Waals surface area (Å²) in [5, 5.41) is 17.0. The number of aromatic amines is 1. The van der Waals surface area contributed by atoms with E-state index >= 15 is 0 Å². The van der Waals surface area contributed by atoms with E-state index in [4.69, 9.17) is 15.6 Å². The van der Waals surface area contributed by atoms with E-state index in [9.17, 15) is 4.79 Å². The van der Waals surface area contributed by atoms with Gasteiger partial charge >= 0.3 is 5.97 Å². The van der Waals surface area contributed by atoms with E-state index < -0.39 is 5.97 Å². The van der Waals surface area contributed by atoms with Crippen molar-refractivity contribution in [3.63, 3.8) is 0 Å². The minimum absolute atomic E-state index is 0.212. The van der Waals surface area contributed by atoms with Crippen molar-refractivity contribution in [3.05, 3.63) is 90.6 Å². The normalized spacial score (nSPS) is 10.9. The van der Waals surface area contributed by atoms with Crippen LogP contribution in [-0.4, -0.2) is 26.3 Å². The van der Waals surface area contributed by atoms with Crippen molar-refractivity contribution in [3.8, 4) is 33.9 Å². The molecule has 0 bridgehead atoms. The summed E-state index contributed by atoms with van der Waals surface area (Å²) in [5.41, 5.74) is 10.3. The summed E-state index contributed by atoms with van der Waals surface area (Å²) in [7, 11) is 0. The van der Waals surface area contributed by atoms with E-state index in [1.54, 1.807) is 30.5 Å². The molecule has 7 heteroatoms. The highest BCUT2D eigenvalue weighted by molar-refractivity contribution is 6.06. The maximum Gasteiger partial charge on any atom is 0.335 e. The zero-order valence-corrected chi connectivity index (χ0v) is 16.8. The minimum Gasteiger partial charge on any atom is -0.478 e. The van der Waals surface area contributed by atoms with Crippen molar-refractivity contribution in [2.75, 3.05) is 5.73 Å². The number of aromatic carboxylic acids is 1. The first-order valence-electron chi connectivity index (χ1n) is 9.90. The molecule has 4 N–H and O–H groups in total. The van der Waals surface area contributed by atoms with Gasteiger partial charge < -0.3 is 15.6 Å². The fourth-order valence-electron chi connectivity index (χ4n) is 3.59. The first-order chi connectivity index (χ1) is 15.6. The molecule has 32 heavy (non-hydrogen) atoms. The number of para-hydroxylation sites is 1. The maximum absolute atomic E-state index is 11.1. The number of benzene rings is 3. The number of carboxylic acids is 1. The molecular weight excluding hydrogens is 404 g/mol. The molecule has 0 spiro atoms. The minimum atomic E-state index is -0.976. The van der Waals surface area contributed by atoms with Crippen molar-refractivity contribution in [2.24, 2.45) is 0 Å². The van der Waals surface area contributed by atoms with Crippen LogP contribution in [0.2, 0.25) is 0 Å². The van der Waals surface area contributed by atoms with Crippen LogP contribution in [0.15, 0.2) is 85.1 Å². The molecule has 156 valence electrons. The number of nitrogens with one attached hydrogen (secondary N) is 1. The molecule has 0 unspecified atom stereocenters. The molecule has 0 aliphatic heterocycles. The number of nitrogens with zero attached hydrogens (tertiary/aromatic N) is 2. The second-order valence-electron chi connectivity index (χ2n) is 7.20. The lowest BCUT2D eigenvalue weighted by Gasteiger charge is -2.10. The molecule has 2 aromatic heterocycles. The number of ether oxygens (including phenoxy) is 1. The molecule has 7 nitrogen and oxygen atoms in total. The van der Waals surface area contributed by atoms with Crippen molar-refractivity contribution in [1.29, 1.82) is 0 Å². The summed E-state index contributed by atoms with van der Waals surface area (Å²) < 4.78 is 5.87. The molecule has 0 radical (unpaired) electrons. The molecule has 0 atom stereocenters. The van der Waals surface area contributed by atoms with Crippen LogP contribution in [0.5, 0.6) is 11.5 Å². The lowest BCUT2D eigenvalue weighted by atomic mass is 10.0. The number of pyridine rings is 1. The number of H-pyrrole nitrogens is 1. The second-order valence-corrected chi connectivity index (χ2v) is 7.20. The van der Waals surface area contributed by atoms with Crippen LogP contribution in [0.1, 0.15) is 10.4 Å². The molecule has 0 saturated carbocycles. The smallest absolute Gasteiger partial charge is 0.335 e. The lowest BCUT2D eigenvalue weighted by Crippen LogP contribution is -1.96. The average molecular weight is 422 g/mol. The number of carbonyl (C=O) groups is 1. The highest BCUT2D eigenvalue weighted by atomic mass is 16.5. The van der Waals surface area contributed by atoms with Crippen LogP contribution in [0.25, 0.3) is 33.3 Å². The van der Waals surface area contributed by atoms with E-state index in [0.717, 1.165) is 33.6 Å². The van der Waals surface area contributed by atoms with Gasteiger partial charge in [0.25, 0.3) is 0 Å². The van der Waals surface area contributed by atoms with E-state index in [2.05, 4.69) is 15.2 Å². The Hall–Kier alpha value is -4.65. The van der Waals surface area contributed by atoms with Crippen LogP contribution in [0, 0.1) is 0 Å². The third-order valence-electron chi connectivity index (χ3n) is 5.17. The van der Waals surface area contributed by atoms with E-state index in [-0.39, 0.29) is 5.56 Å². The molecule has 0 saturated heterocycles. The predicted octanol–water partition coefficient (Wildman–Crippen LogP) is 5.36. The number of carboxylic acid groups (broad SMARTS) is 1. The average Bonchev–Trinajstić information content (AvgIpc) is 3.22. The Bertz CT molecular complexity index is 1410. The number of hydrogen-bond donors (Lipinski definition) is 3. The molecule has 2 heterocycles. The molecule has 0 amide bonds. The van der Waals surface area contributed by atoms with Gasteiger partial charge in [-0.2, -0.15) is 5.10 Å². The number of rotatable bonds is 5. The largest absolute Gasteiger partial charge is 0.478 e. The maximum atomic E-state index is 11.1. The molecule has 0 aliphatic rings. The Kier molecular flexibility index (Phi) is 4.76. The number of anilines is 1. The predicted molar refractivity (Wildman–Crippen MR) is 123 cm³/mol. The fraction of sp³-hybridized carbons (Fsp3) is 0. The topological polar surface area (TPSA) is 114 Å². The van der Waals surface area contributed by atoms with E-state index in [1.165, 1.54) is 0 Å². The Morgan fingerprint density at radius 2 is 1.53 bits per heavy atom. The molecule has 0 aliphatic carbocycles. The van der Waals surface area contributed by atoms with Gasteiger partial charge in [0.15, 0.2) is 5.82 Å². The summed E-state index contributed by atoms with van der Waals surface area (Å²) in [4.78, 5) is 15.8. The van der Waals surface area contributed by atoms with Crippen molar-refractivity contribution in [1.82, 2.24) is 15.2 Å². The lowest BCUT2D eigenvalue weighted by molar-refractivity contribution is 0.0697. The Morgan fingerprint density at radius 1 is 0.875 bits per heavy atom. The van der Waals surface area contributed by atoms with Crippen LogP contribution < -0.4 is 10.5 Å². The number of nitrogen functional groups attached to an aromatic ring is 1. The van der Waals surface area contributed by atoms with Gasteiger partial charge in [-0.1, -0.05) is 42.5 Å². The quantitative estimate of drug-likeness (QED) is 0.351. The van der Waals surface area contributed by atoms with Gasteiger partial charge in [0, 0.05) is 17.3 Å². The monoisotopic (exact) mass is 422 g/mol. The summed E-state index contributed by atoms with van der Waals surface area (Å²) in [5.74, 6) is 0.877. The van der Waals surface area contributed by atoms with Crippen molar-refractivity contribution < 1.29 is 14.6 Å². The van der Waals surface area contributed by atoms with Crippen molar-refractivity contribution >= 4 is 22.7 Å². The van der Waals surface area contributed by atoms with Gasteiger partial charge in [0.05, 0.1) is 22.2 Å². The van der Waals surface area contributed by atoms with Crippen LogP contribution in [-0.2, 0) is 0 Å². The van der Waals surface area contributed by atoms with Crippen molar-refractivity contribution in [2.45, 2.75) is 0 Å². The molecular formula is C25H18N4O3. The van der Waals surface area contributed by atoms with Gasteiger partial charge in [-0.15, -0.1) is 0 Å². The standard InChI is InChI=1S/C25H18N4O3/c26-24-21-20(15-10-12-19(13-11-15)32-18-4-2-1-3-5-18)14-27-22(23(21)28-29-24)16-6-8-17(9-7-16)25(30)31/h1-14H,(H,30,31)(H3,26,28,29). The highest BCUT2D eigenvalue weighted by Crippen LogP contribution is 2.36. The van der Waals surface area contributed by atoms with Crippen LogP contribution in [0.3, 0.4) is 0 Å².